The van der Waals surface area contributed by atoms with E-state index < -0.39 is 71.5 Å². The van der Waals surface area contributed by atoms with Crippen molar-refractivity contribution in [1.82, 2.24) is 5.32 Å². The molecule has 1 aliphatic heterocycles. The zero-order valence-electron chi connectivity index (χ0n) is 15.4. The average molecular weight is 427 g/mol. The number of hydrogen-bond acceptors (Lipinski definition) is 11. The van der Waals surface area contributed by atoms with Crippen molar-refractivity contribution in [3.63, 3.8) is 0 Å². The Bertz CT molecular complexity index is 720. The summed E-state index contributed by atoms with van der Waals surface area (Å²) in [6.45, 7) is 3.35. The summed E-state index contributed by atoms with van der Waals surface area (Å²) in [6, 6.07) is -1.29. The quantitative estimate of drug-likeness (QED) is 0.272. The van der Waals surface area contributed by atoms with Crippen molar-refractivity contribution in [2.45, 2.75) is 58.3 Å². The van der Waals surface area contributed by atoms with E-state index in [1.807, 2.05) is 0 Å². The van der Waals surface area contributed by atoms with Crippen LogP contribution in [0.2, 0.25) is 0 Å². The Morgan fingerprint density at radius 3 is 1.86 bits per heavy atom. The van der Waals surface area contributed by atoms with Gasteiger partial charge in [-0.1, -0.05) is 0 Å². The minimum absolute atomic E-state index is 0.614. The standard InChI is InChI=1S/C14H21NO12S/c1-6(16)15-11-13(25-8(3)18)12(24-7(2)17)10(5-23-28(20,21)22)27-14(11)26-9(4)19/h10-14H,5H2,1-4H3,(H,15,16)(H,20,21,22)/t10-,11-,12-,13-,14+/m1/s1. The highest BCUT2D eigenvalue weighted by Gasteiger charge is 2.52. The number of carbonyl (C=O) groups excluding carboxylic acids is 4. The summed E-state index contributed by atoms with van der Waals surface area (Å²) >= 11 is 0. The molecule has 0 aliphatic carbocycles. The fourth-order valence-corrected chi connectivity index (χ4v) is 2.81. The van der Waals surface area contributed by atoms with Crippen molar-refractivity contribution in [2.75, 3.05) is 6.61 Å². The van der Waals surface area contributed by atoms with Gasteiger partial charge in [0.2, 0.25) is 12.2 Å². The lowest BCUT2D eigenvalue weighted by Crippen LogP contribution is -2.66. The molecule has 1 heterocycles. The van der Waals surface area contributed by atoms with Crippen LogP contribution in [0.1, 0.15) is 27.7 Å². The molecule has 5 atom stereocenters. The van der Waals surface area contributed by atoms with Crippen LogP contribution in [-0.4, -0.2) is 74.0 Å². The Morgan fingerprint density at radius 2 is 1.43 bits per heavy atom. The number of nitrogens with one attached hydrogen (secondary N) is 1. The van der Waals surface area contributed by atoms with E-state index >= 15 is 0 Å². The third kappa shape index (κ3) is 7.75. The van der Waals surface area contributed by atoms with E-state index in [0.29, 0.717) is 0 Å². The summed E-state index contributed by atoms with van der Waals surface area (Å²) in [4.78, 5) is 45.9. The summed E-state index contributed by atoms with van der Waals surface area (Å²) < 4.78 is 55.3. The van der Waals surface area contributed by atoms with E-state index in [9.17, 15) is 27.6 Å². The highest BCUT2D eigenvalue weighted by Crippen LogP contribution is 2.28. The second kappa shape index (κ2) is 9.77. The molecular formula is C14H21NO12S. The lowest BCUT2D eigenvalue weighted by Gasteiger charge is -2.44. The van der Waals surface area contributed by atoms with Crippen LogP contribution < -0.4 is 5.32 Å². The molecule has 0 bridgehead atoms. The van der Waals surface area contributed by atoms with Crippen molar-refractivity contribution >= 4 is 34.2 Å². The minimum Gasteiger partial charge on any atom is -0.456 e. The highest BCUT2D eigenvalue weighted by molar-refractivity contribution is 7.80. The molecule has 13 nitrogen and oxygen atoms in total. The van der Waals surface area contributed by atoms with Crippen molar-refractivity contribution in [2.24, 2.45) is 0 Å². The SMILES string of the molecule is CC(=O)N[C@H]1[C@@H](OC(C)=O)O[C@H](COS(=O)(=O)O)[C@@H](OC(C)=O)[C@@H]1OC(C)=O. The zero-order valence-corrected chi connectivity index (χ0v) is 16.3. The van der Waals surface area contributed by atoms with E-state index in [0.717, 1.165) is 27.7 Å². The summed E-state index contributed by atoms with van der Waals surface area (Å²) in [5, 5.41) is 2.37. The maximum atomic E-state index is 11.5. The van der Waals surface area contributed by atoms with Crippen LogP contribution in [-0.2, 0) is 52.7 Å². The highest BCUT2D eigenvalue weighted by atomic mass is 32.3. The van der Waals surface area contributed by atoms with Crippen LogP contribution in [0, 0.1) is 0 Å². The van der Waals surface area contributed by atoms with Gasteiger partial charge in [0.1, 0.15) is 12.1 Å². The van der Waals surface area contributed by atoms with Gasteiger partial charge in [-0.3, -0.25) is 23.7 Å². The first-order valence-electron chi connectivity index (χ1n) is 7.86. The van der Waals surface area contributed by atoms with Gasteiger partial charge in [0.15, 0.2) is 12.2 Å². The molecular weight excluding hydrogens is 406 g/mol. The average Bonchev–Trinajstić information content (AvgIpc) is 2.48. The van der Waals surface area contributed by atoms with Gasteiger partial charge in [0.25, 0.3) is 0 Å². The van der Waals surface area contributed by atoms with Gasteiger partial charge in [-0.05, 0) is 0 Å². The summed E-state index contributed by atoms with van der Waals surface area (Å²) in [7, 11) is -4.89. The van der Waals surface area contributed by atoms with Gasteiger partial charge in [0, 0.05) is 27.7 Å². The molecule has 1 rings (SSSR count). The van der Waals surface area contributed by atoms with Gasteiger partial charge in [0.05, 0.1) is 6.61 Å². The third-order valence-electron chi connectivity index (χ3n) is 3.28. The molecule has 14 heteroatoms. The molecule has 28 heavy (non-hydrogen) atoms. The molecule has 1 amide bonds. The zero-order chi connectivity index (χ0) is 21.6. The molecule has 160 valence electrons. The first kappa shape index (κ1) is 23.7. The van der Waals surface area contributed by atoms with Crippen LogP contribution in [0.25, 0.3) is 0 Å². The van der Waals surface area contributed by atoms with E-state index in [4.69, 9.17) is 23.5 Å². The number of hydrogen-bond donors (Lipinski definition) is 2. The summed E-state index contributed by atoms with van der Waals surface area (Å²) in [5.74, 6) is -3.13. The molecule has 1 fully saturated rings. The van der Waals surface area contributed by atoms with Crippen molar-refractivity contribution in [3.8, 4) is 0 Å². The third-order valence-corrected chi connectivity index (χ3v) is 3.72. The Hall–Kier alpha value is -2.29. The van der Waals surface area contributed by atoms with Crippen LogP contribution in [0.4, 0.5) is 0 Å². The first-order chi connectivity index (χ1) is 12.8. The Kier molecular flexibility index (Phi) is 8.29. The van der Waals surface area contributed by atoms with E-state index in [2.05, 4.69) is 9.50 Å². The van der Waals surface area contributed by atoms with Crippen molar-refractivity contribution < 1.29 is 55.3 Å². The fourth-order valence-electron chi connectivity index (χ4n) is 2.51. The normalized spacial score (nSPS) is 27.4. The molecule has 0 aromatic heterocycles. The number of esters is 3. The molecule has 2 N–H and O–H groups in total. The van der Waals surface area contributed by atoms with E-state index in [1.165, 1.54) is 0 Å². The number of ether oxygens (including phenoxy) is 4. The van der Waals surface area contributed by atoms with Gasteiger partial charge in [-0.2, -0.15) is 8.42 Å². The van der Waals surface area contributed by atoms with Gasteiger partial charge in [-0.25, -0.2) is 4.18 Å². The largest absolute Gasteiger partial charge is 0.456 e. The molecule has 0 radical (unpaired) electrons. The molecule has 0 aromatic carbocycles. The van der Waals surface area contributed by atoms with Crippen molar-refractivity contribution in [3.05, 3.63) is 0 Å². The van der Waals surface area contributed by atoms with Crippen LogP contribution in [0.15, 0.2) is 0 Å². The van der Waals surface area contributed by atoms with Crippen molar-refractivity contribution in [1.29, 1.82) is 0 Å². The number of rotatable bonds is 7. The molecule has 1 saturated heterocycles. The molecule has 1 aliphatic rings. The lowest BCUT2D eigenvalue weighted by molar-refractivity contribution is -0.268. The molecule has 0 saturated carbocycles. The van der Waals surface area contributed by atoms with Gasteiger partial charge < -0.3 is 24.3 Å². The molecule has 0 unspecified atom stereocenters. The predicted octanol–water partition coefficient (Wildman–Crippen LogP) is -1.54. The summed E-state index contributed by atoms with van der Waals surface area (Å²) in [5.41, 5.74) is 0. The molecule has 0 spiro atoms. The predicted molar refractivity (Wildman–Crippen MR) is 86.6 cm³/mol. The maximum absolute atomic E-state index is 11.5. The first-order valence-corrected chi connectivity index (χ1v) is 9.22. The second-order valence-corrected chi connectivity index (χ2v) is 6.83. The van der Waals surface area contributed by atoms with E-state index in [1.54, 1.807) is 0 Å². The van der Waals surface area contributed by atoms with Gasteiger partial charge in [-0.15, -0.1) is 0 Å². The Morgan fingerprint density at radius 1 is 0.929 bits per heavy atom. The van der Waals surface area contributed by atoms with Crippen LogP contribution in [0.3, 0.4) is 0 Å². The lowest BCUT2D eigenvalue weighted by atomic mass is 9.96. The van der Waals surface area contributed by atoms with Gasteiger partial charge >= 0.3 is 28.3 Å². The second-order valence-electron chi connectivity index (χ2n) is 5.74. The molecule has 0 aromatic rings. The fraction of sp³-hybridized carbons (Fsp3) is 0.714. The van der Waals surface area contributed by atoms with Crippen LogP contribution >= 0.6 is 0 Å². The Balaban J connectivity index is 3.33. The Labute approximate surface area is 160 Å². The minimum atomic E-state index is -4.89. The summed E-state index contributed by atoms with van der Waals surface area (Å²) in [6.07, 6.45) is -5.90. The monoisotopic (exact) mass is 427 g/mol. The smallest absolute Gasteiger partial charge is 0.397 e. The number of carbonyl (C=O) groups is 4. The topological polar surface area (TPSA) is 181 Å². The number of amides is 1. The van der Waals surface area contributed by atoms with Crippen LogP contribution in [0.5, 0.6) is 0 Å². The maximum Gasteiger partial charge on any atom is 0.397 e. The van der Waals surface area contributed by atoms with E-state index in [-0.39, 0.29) is 0 Å².